The van der Waals surface area contributed by atoms with E-state index in [1.54, 1.807) is 13.0 Å². The first-order chi connectivity index (χ1) is 10.6. The van der Waals surface area contributed by atoms with E-state index in [1.165, 1.54) is 17.8 Å². The first-order valence-corrected chi connectivity index (χ1v) is 8.82. The van der Waals surface area contributed by atoms with Crippen molar-refractivity contribution in [2.24, 2.45) is 5.41 Å². The second-order valence-electron chi connectivity index (χ2n) is 6.42. The summed E-state index contributed by atoms with van der Waals surface area (Å²) in [5, 5.41) is 8.10. The van der Waals surface area contributed by atoms with Crippen LogP contribution < -0.4 is 10.6 Å². The van der Waals surface area contributed by atoms with Crippen LogP contribution in [0.1, 0.15) is 35.9 Å². The number of amides is 2. The summed E-state index contributed by atoms with van der Waals surface area (Å²) in [6, 6.07) is 3.14. The van der Waals surface area contributed by atoms with E-state index >= 15 is 0 Å². The van der Waals surface area contributed by atoms with Gasteiger partial charge in [0.05, 0.1) is 4.88 Å². The number of hydrogen-bond acceptors (Lipinski definition) is 4. The van der Waals surface area contributed by atoms with Gasteiger partial charge in [0, 0.05) is 19.6 Å². The average molecular weight is 321 g/mol. The number of carbonyl (C=O) groups excluding carboxylic acids is 2. The second-order valence-corrected chi connectivity index (χ2v) is 7.37. The highest BCUT2D eigenvalue weighted by Crippen LogP contribution is 2.36. The molecule has 0 saturated carbocycles. The lowest BCUT2D eigenvalue weighted by molar-refractivity contribution is -0.135. The predicted molar refractivity (Wildman–Crippen MR) is 87.0 cm³/mol. The van der Waals surface area contributed by atoms with Gasteiger partial charge in [-0.15, -0.1) is 11.3 Å². The molecule has 2 aliphatic rings. The molecule has 2 N–H and O–H groups in total. The van der Waals surface area contributed by atoms with Gasteiger partial charge in [-0.05, 0) is 49.6 Å². The topological polar surface area (TPSA) is 61.4 Å². The molecule has 0 aromatic carbocycles. The van der Waals surface area contributed by atoms with Crippen LogP contribution in [0.5, 0.6) is 0 Å². The predicted octanol–water partition coefficient (Wildman–Crippen LogP) is 1.47. The number of likely N-dealkylation sites (tertiary alicyclic amines) is 1. The number of hydrogen-bond donors (Lipinski definition) is 2. The van der Waals surface area contributed by atoms with Gasteiger partial charge in [-0.3, -0.25) is 9.59 Å². The maximum Gasteiger partial charge on any atom is 0.261 e. The van der Waals surface area contributed by atoms with Gasteiger partial charge in [0.1, 0.15) is 6.04 Å². The van der Waals surface area contributed by atoms with Crippen molar-refractivity contribution in [1.29, 1.82) is 0 Å². The summed E-state index contributed by atoms with van der Waals surface area (Å²) >= 11 is 1.39. The van der Waals surface area contributed by atoms with Gasteiger partial charge in [-0.1, -0.05) is 6.07 Å². The molecule has 22 heavy (non-hydrogen) atoms. The van der Waals surface area contributed by atoms with Crippen molar-refractivity contribution in [3.05, 3.63) is 22.4 Å². The van der Waals surface area contributed by atoms with Crippen molar-refractivity contribution in [3.8, 4) is 0 Å². The zero-order chi connectivity index (χ0) is 15.6. The van der Waals surface area contributed by atoms with E-state index in [2.05, 4.69) is 10.6 Å². The fourth-order valence-electron chi connectivity index (χ4n) is 3.43. The van der Waals surface area contributed by atoms with Crippen molar-refractivity contribution >= 4 is 23.2 Å². The number of piperidine rings is 1. The SMILES string of the molecule is CC(NC(=O)c1cccs1)C(=O)N1CCC2(CCNC2)CC1. The van der Waals surface area contributed by atoms with Gasteiger partial charge < -0.3 is 15.5 Å². The highest BCUT2D eigenvalue weighted by Gasteiger charge is 2.38. The minimum atomic E-state index is -0.467. The largest absolute Gasteiger partial charge is 0.341 e. The number of rotatable bonds is 3. The Balaban J connectivity index is 1.52. The third-order valence-corrected chi connectivity index (χ3v) is 5.80. The van der Waals surface area contributed by atoms with E-state index in [0.717, 1.165) is 39.0 Å². The smallest absolute Gasteiger partial charge is 0.261 e. The molecule has 2 aliphatic heterocycles. The van der Waals surface area contributed by atoms with E-state index in [0.29, 0.717) is 10.3 Å². The maximum absolute atomic E-state index is 12.5. The molecular formula is C16H23N3O2S. The van der Waals surface area contributed by atoms with Gasteiger partial charge in [0.15, 0.2) is 0 Å². The Morgan fingerprint density at radius 2 is 2.14 bits per heavy atom. The Hall–Kier alpha value is -1.40. The van der Waals surface area contributed by atoms with Crippen LogP contribution in [0.25, 0.3) is 0 Å². The number of carbonyl (C=O) groups is 2. The lowest BCUT2D eigenvalue weighted by Crippen LogP contribution is -2.51. The van der Waals surface area contributed by atoms with Crippen LogP contribution in [0.4, 0.5) is 0 Å². The summed E-state index contributed by atoms with van der Waals surface area (Å²) in [6.07, 6.45) is 3.36. The summed E-state index contributed by atoms with van der Waals surface area (Å²) in [5.74, 6) is -0.130. The van der Waals surface area contributed by atoms with Gasteiger partial charge in [-0.2, -0.15) is 0 Å². The number of nitrogens with one attached hydrogen (secondary N) is 2. The Kier molecular flexibility index (Phi) is 4.49. The Labute approximate surface area is 135 Å². The molecule has 3 rings (SSSR count). The van der Waals surface area contributed by atoms with Crippen LogP contribution in [0, 0.1) is 5.41 Å². The minimum Gasteiger partial charge on any atom is -0.341 e. The lowest BCUT2D eigenvalue weighted by atomic mass is 9.78. The summed E-state index contributed by atoms with van der Waals surface area (Å²) in [7, 11) is 0. The van der Waals surface area contributed by atoms with Crippen molar-refractivity contribution in [1.82, 2.24) is 15.5 Å². The van der Waals surface area contributed by atoms with Crippen molar-refractivity contribution < 1.29 is 9.59 Å². The van der Waals surface area contributed by atoms with Crippen LogP contribution in [-0.2, 0) is 4.79 Å². The highest BCUT2D eigenvalue weighted by molar-refractivity contribution is 7.12. The number of thiophene rings is 1. The maximum atomic E-state index is 12.5. The molecule has 0 aliphatic carbocycles. The quantitative estimate of drug-likeness (QED) is 0.886. The standard InChI is InChI=1S/C16H23N3O2S/c1-12(18-14(20)13-3-2-10-22-13)15(21)19-8-5-16(6-9-19)4-7-17-11-16/h2-3,10,12,17H,4-9,11H2,1H3,(H,18,20). The minimum absolute atomic E-state index is 0.0331. The molecule has 3 heterocycles. The third kappa shape index (κ3) is 3.17. The molecule has 1 aromatic heterocycles. The van der Waals surface area contributed by atoms with Crippen LogP contribution in [0.2, 0.25) is 0 Å². The van der Waals surface area contributed by atoms with Crippen molar-refractivity contribution in [3.63, 3.8) is 0 Å². The first kappa shape index (κ1) is 15.5. The summed E-state index contributed by atoms with van der Waals surface area (Å²) in [5.41, 5.74) is 0.403. The highest BCUT2D eigenvalue weighted by atomic mass is 32.1. The van der Waals surface area contributed by atoms with Crippen LogP contribution in [0.15, 0.2) is 17.5 Å². The Morgan fingerprint density at radius 1 is 1.36 bits per heavy atom. The lowest BCUT2D eigenvalue weighted by Gasteiger charge is -2.39. The van der Waals surface area contributed by atoms with Gasteiger partial charge in [-0.25, -0.2) is 0 Å². The molecule has 1 aromatic rings. The molecule has 1 atom stereocenters. The molecule has 6 heteroatoms. The monoisotopic (exact) mass is 321 g/mol. The van der Waals surface area contributed by atoms with Gasteiger partial charge in [0.25, 0.3) is 5.91 Å². The molecule has 0 bridgehead atoms. The Morgan fingerprint density at radius 3 is 2.73 bits per heavy atom. The summed E-state index contributed by atoms with van der Waals surface area (Å²) in [6.45, 7) is 5.57. The zero-order valence-corrected chi connectivity index (χ0v) is 13.7. The van der Waals surface area contributed by atoms with Crippen LogP contribution >= 0.6 is 11.3 Å². The average Bonchev–Trinajstić information content (AvgIpc) is 3.19. The summed E-state index contributed by atoms with van der Waals surface area (Å²) < 4.78 is 0. The van der Waals surface area contributed by atoms with Crippen LogP contribution in [0.3, 0.4) is 0 Å². The van der Waals surface area contributed by atoms with E-state index in [-0.39, 0.29) is 11.8 Å². The van der Waals surface area contributed by atoms with E-state index < -0.39 is 6.04 Å². The van der Waals surface area contributed by atoms with Crippen molar-refractivity contribution in [2.75, 3.05) is 26.2 Å². The summed E-state index contributed by atoms with van der Waals surface area (Å²) in [4.78, 5) is 27.1. The number of nitrogens with zero attached hydrogens (tertiary/aromatic N) is 1. The molecule has 5 nitrogen and oxygen atoms in total. The van der Waals surface area contributed by atoms with E-state index in [1.807, 2.05) is 16.3 Å². The molecule has 2 fully saturated rings. The van der Waals surface area contributed by atoms with Gasteiger partial charge in [0.2, 0.25) is 5.91 Å². The molecule has 2 saturated heterocycles. The third-order valence-electron chi connectivity index (χ3n) is 4.93. The molecule has 0 radical (unpaired) electrons. The fourth-order valence-corrected chi connectivity index (χ4v) is 4.06. The van der Waals surface area contributed by atoms with E-state index in [9.17, 15) is 9.59 Å². The molecule has 2 amide bonds. The van der Waals surface area contributed by atoms with Gasteiger partial charge >= 0.3 is 0 Å². The molecule has 1 spiro atoms. The van der Waals surface area contributed by atoms with Crippen LogP contribution in [-0.4, -0.2) is 48.9 Å². The molecule has 120 valence electrons. The van der Waals surface area contributed by atoms with E-state index in [4.69, 9.17) is 0 Å². The molecular weight excluding hydrogens is 298 g/mol. The second kappa shape index (κ2) is 6.38. The first-order valence-electron chi connectivity index (χ1n) is 7.94. The molecule has 1 unspecified atom stereocenters. The van der Waals surface area contributed by atoms with Crippen molar-refractivity contribution in [2.45, 2.75) is 32.2 Å². The zero-order valence-electron chi connectivity index (χ0n) is 12.9. The normalized spacial score (nSPS) is 21.8. The Bertz CT molecular complexity index is 528. The fraction of sp³-hybridized carbons (Fsp3) is 0.625.